The number of nitrogens with zero attached hydrogens (tertiary/aromatic N) is 6. The number of rotatable bonds is 3. The van der Waals surface area contributed by atoms with Gasteiger partial charge in [0, 0.05) is 30.4 Å². The Hall–Kier alpha value is -4.08. The normalized spacial score (nSPS) is 16.0. The number of hydrogen-bond acceptors (Lipinski definition) is 5. The first kappa shape index (κ1) is 24.6. The Morgan fingerprint density at radius 3 is 2.57 bits per heavy atom. The van der Waals surface area contributed by atoms with Crippen LogP contribution in [0.4, 0.5) is 10.1 Å². The summed E-state index contributed by atoms with van der Waals surface area (Å²) in [5.74, 6) is -0.854. The van der Waals surface area contributed by atoms with Crippen LogP contribution in [0.25, 0.3) is 16.9 Å². The van der Waals surface area contributed by atoms with E-state index in [0.717, 1.165) is 5.56 Å². The van der Waals surface area contributed by atoms with E-state index in [1.807, 2.05) is 12.1 Å². The number of anilines is 1. The van der Waals surface area contributed by atoms with Gasteiger partial charge in [-0.15, -0.1) is 0 Å². The summed E-state index contributed by atoms with van der Waals surface area (Å²) in [5.41, 5.74) is 2.65. The highest BCUT2D eigenvalue weighted by atomic mass is 19.1. The zero-order chi connectivity index (χ0) is 26.7. The lowest BCUT2D eigenvalue weighted by Crippen LogP contribution is -2.64. The number of aryl methyl sites for hydroxylation is 1. The maximum Gasteiger partial charge on any atom is 0.275 e. The van der Waals surface area contributed by atoms with Crippen LogP contribution in [0, 0.1) is 12.7 Å². The summed E-state index contributed by atoms with van der Waals surface area (Å²) < 4.78 is 15.9. The lowest BCUT2D eigenvalue weighted by molar-refractivity contribution is -0.129. The minimum Gasteiger partial charge on any atom is -0.321 e. The van der Waals surface area contributed by atoms with Gasteiger partial charge in [0.15, 0.2) is 5.65 Å². The molecular weight excluding hydrogens is 473 g/mol. The minimum absolute atomic E-state index is 0.197. The molecule has 5 rings (SSSR count). The minimum atomic E-state index is -1.09. The topological polar surface area (TPSA) is 99.5 Å². The van der Waals surface area contributed by atoms with Gasteiger partial charge in [-0.25, -0.2) is 13.9 Å². The predicted molar refractivity (Wildman–Crippen MR) is 138 cm³/mol. The molecule has 3 aromatic heterocycles. The number of fused-ring (bicyclic) bond motifs is 1. The lowest BCUT2D eigenvalue weighted by atomic mass is 9.87. The van der Waals surface area contributed by atoms with Crippen LogP contribution in [0.1, 0.15) is 56.2 Å². The molecule has 1 saturated heterocycles. The van der Waals surface area contributed by atoms with Crippen molar-refractivity contribution in [1.82, 2.24) is 29.7 Å². The zero-order valence-corrected chi connectivity index (χ0v) is 21.8. The molecule has 2 amide bonds. The Bertz CT molecular complexity index is 1520. The molecule has 4 aromatic rings. The lowest BCUT2D eigenvalue weighted by Gasteiger charge is -2.45. The van der Waals surface area contributed by atoms with E-state index in [4.69, 9.17) is 0 Å². The van der Waals surface area contributed by atoms with Crippen molar-refractivity contribution in [3.05, 3.63) is 65.5 Å². The number of nitrogens with one attached hydrogen (secondary N) is 1. The molecule has 4 heterocycles. The molecule has 0 spiro atoms. The van der Waals surface area contributed by atoms with Crippen molar-refractivity contribution < 1.29 is 14.0 Å². The van der Waals surface area contributed by atoms with Gasteiger partial charge in [-0.2, -0.15) is 10.2 Å². The van der Waals surface area contributed by atoms with Crippen molar-refractivity contribution in [1.29, 1.82) is 0 Å². The molecule has 0 aliphatic carbocycles. The molecule has 9 nitrogen and oxygen atoms in total. The second-order valence-electron chi connectivity index (χ2n) is 11.0. The standard InChI is InChI=1S/C27H30FN7O2/c1-16-7-8-17(11-20(16)28)21-12-19(26(2,3)4)23-31-22(15-35(23)32-21)24(36)34-10-9-33(18-13-29-30-14-18)25(37)27(34,5)6/h7-8,11-15H,9-10H2,1-6H3,(H,29,30). The van der Waals surface area contributed by atoms with Gasteiger partial charge in [0.2, 0.25) is 0 Å². The van der Waals surface area contributed by atoms with E-state index in [-0.39, 0.29) is 28.7 Å². The van der Waals surface area contributed by atoms with Crippen LogP contribution in [-0.4, -0.2) is 60.1 Å². The van der Waals surface area contributed by atoms with Gasteiger partial charge in [0.05, 0.1) is 23.8 Å². The van der Waals surface area contributed by atoms with Gasteiger partial charge in [-0.1, -0.05) is 32.9 Å². The van der Waals surface area contributed by atoms with Crippen molar-refractivity contribution in [3.8, 4) is 11.3 Å². The quantitative estimate of drug-likeness (QED) is 0.453. The van der Waals surface area contributed by atoms with E-state index < -0.39 is 5.54 Å². The Labute approximate surface area is 214 Å². The van der Waals surface area contributed by atoms with Gasteiger partial charge in [0.25, 0.3) is 11.8 Å². The fraction of sp³-hybridized carbons (Fsp3) is 0.370. The van der Waals surface area contributed by atoms with Gasteiger partial charge in [-0.3, -0.25) is 14.7 Å². The second-order valence-corrected chi connectivity index (χ2v) is 11.0. The van der Waals surface area contributed by atoms with Crippen LogP contribution < -0.4 is 4.90 Å². The summed E-state index contributed by atoms with van der Waals surface area (Å²) >= 11 is 0. The zero-order valence-electron chi connectivity index (χ0n) is 21.8. The van der Waals surface area contributed by atoms with Crippen LogP contribution in [0.2, 0.25) is 0 Å². The summed E-state index contributed by atoms with van der Waals surface area (Å²) in [4.78, 5) is 34.9. The molecule has 1 N–H and O–H groups in total. The Morgan fingerprint density at radius 2 is 1.92 bits per heavy atom. The molecule has 10 heteroatoms. The van der Waals surface area contributed by atoms with Crippen LogP contribution in [0.5, 0.6) is 0 Å². The van der Waals surface area contributed by atoms with Gasteiger partial charge >= 0.3 is 0 Å². The van der Waals surface area contributed by atoms with Crippen molar-refractivity contribution >= 4 is 23.1 Å². The van der Waals surface area contributed by atoms with E-state index in [2.05, 4.69) is 41.1 Å². The maximum atomic E-state index is 14.3. The molecule has 0 bridgehead atoms. The molecule has 1 aliphatic heterocycles. The summed E-state index contributed by atoms with van der Waals surface area (Å²) in [6.45, 7) is 12.0. The summed E-state index contributed by atoms with van der Waals surface area (Å²) in [6.07, 6.45) is 4.83. The molecule has 0 unspecified atom stereocenters. The highest BCUT2D eigenvalue weighted by molar-refractivity contribution is 6.05. The number of carbonyl (C=O) groups excluding carboxylic acids is 2. The number of aromatic nitrogens is 5. The van der Waals surface area contributed by atoms with E-state index in [1.165, 1.54) is 6.07 Å². The van der Waals surface area contributed by atoms with Crippen LogP contribution in [-0.2, 0) is 10.2 Å². The van der Waals surface area contributed by atoms with Gasteiger partial charge < -0.3 is 9.80 Å². The van der Waals surface area contributed by atoms with E-state index >= 15 is 0 Å². The van der Waals surface area contributed by atoms with Crippen molar-refractivity contribution in [2.24, 2.45) is 0 Å². The third-order valence-electron chi connectivity index (χ3n) is 6.95. The fourth-order valence-electron chi connectivity index (χ4n) is 4.68. The van der Waals surface area contributed by atoms with Crippen molar-refractivity contribution in [3.63, 3.8) is 0 Å². The third-order valence-corrected chi connectivity index (χ3v) is 6.95. The number of halogens is 1. The molecule has 192 valence electrons. The first-order valence-corrected chi connectivity index (χ1v) is 12.2. The average molecular weight is 504 g/mol. The molecule has 0 saturated carbocycles. The number of hydrogen-bond donors (Lipinski definition) is 1. The second kappa shape index (κ2) is 8.50. The number of H-pyrrole nitrogens is 1. The molecular formula is C27H30FN7O2. The first-order chi connectivity index (χ1) is 17.4. The number of aromatic amines is 1. The monoisotopic (exact) mass is 503 g/mol. The molecule has 1 aromatic carbocycles. The SMILES string of the molecule is Cc1ccc(-c2cc(C(C)(C)C)c3nc(C(=O)N4CCN(c5cn[nH]c5)C(=O)C4(C)C)cn3n2)cc1F. The first-order valence-electron chi connectivity index (χ1n) is 12.2. The third kappa shape index (κ3) is 4.16. The fourth-order valence-corrected chi connectivity index (χ4v) is 4.68. The molecule has 37 heavy (non-hydrogen) atoms. The summed E-state index contributed by atoms with van der Waals surface area (Å²) in [6, 6.07) is 6.92. The average Bonchev–Trinajstić information content (AvgIpc) is 3.51. The largest absolute Gasteiger partial charge is 0.321 e. The number of imidazole rings is 1. The Balaban J connectivity index is 1.55. The smallest absolute Gasteiger partial charge is 0.275 e. The van der Waals surface area contributed by atoms with Crippen LogP contribution >= 0.6 is 0 Å². The number of carbonyl (C=O) groups is 2. The van der Waals surface area contributed by atoms with Crippen molar-refractivity contribution in [2.45, 2.75) is 52.5 Å². The molecule has 1 aliphatic rings. The number of piperazine rings is 1. The van der Waals surface area contributed by atoms with Gasteiger partial charge in [-0.05, 0) is 43.9 Å². The number of amides is 2. The maximum absolute atomic E-state index is 14.3. The Morgan fingerprint density at radius 1 is 1.16 bits per heavy atom. The van der Waals surface area contributed by atoms with Crippen LogP contribution in [0.15, 0.2) is 42.9 Å². The molecule has 0 radical (unpaired) electrons. The highest BCUT2D eigenvalue weighted by Crippen LogP contribution is 2.32. The van der Waals surface area contributed by atoms with E-state index in [0.29, 0.717) is 41.2 Å². The van der Waals surface area contributed by atoms with E-state index in [1.54, 1.807) is 59.7 Å². The van der Waals surface area contributed by atoms with Crippen molar-refractivity contribution in [2.75, 3.05) is 18.0 Å². The molecule has 1 fully saturated rings. The number of benzene rings is 1. The Kier molecular flexibility index (Phi) is 5.65. The molecule has 0 atom stereocenters. The van der Waals surface area contributed by atoms with Crippen LogP contribution in [0.3, 0.4) is 0 Å². The summed E-state index contributed by atoms with van der Waals surface area (Å²) in [7, 11) is 0. The predicted octanol–water partition coefficient (Wildman–Crippen LogP) is 4.13. The van der Waals surface area contributed by atoms with Gasteiger partial charge in [0.1, 0.15) is 17.1 Å². The highest BCUT2D eigenvalue weighted by Gasteiger charge is 2.45. The summed E-state index contributed by atoms with van der Waals surface area (Å²) in [5, 5.41) is 11.3. The van der Waals surface area contributed by atoms with E-state index in [9.17, 15) is 14.0 Å².